The van der Waals surface area contributed by atoms with Gasteiger partial charge in [0.15, 0.2) is 5.69 Å². The molecule has 0 saturated heterocycles. The van der Waals surface area contributed by atoms with Crippen LogP contribution in [0.3, 0.4) is 0 Å². The second-order valence-corrected chi connectivity index (χ2v) is 4.22. The van der Waals surface area contributed by atoms with Gasteiger partial charge in [0.1, 0.15) is 12.2 Å². The lowest BCUT2D eigenvalue weighted by Crippen LogP contribution is -2.38. The first-order chi connectivity index (χ1) is 8.56. The van der Waals surface area contributed by atoms with Gasteiger partial charge in [-0.3, -0.25) is 10.1 Å². The molecule has 0 fully saturated rings. The van der Waals surface area contributed by atoms with Crippen molar-refractivity contribution in [1.82, 2.24) is 4.98 Å². The number of aromatic nitrogens is 2. The minimum atomic E-state index is -0.393. The monoisotopic (exact) mass is 244 g/mol. The van der Waals surface area contributed by atoms with Gasteiger partial charge in [0.05, 0.1) is 4.92 Å². The molecular formula is C13H14N3O2+. The van der Waals surface area contributed by atoms with Gasteiger partial charge in [0, 0.05) is 25.1 Å². The maximum atomic E-state index is 10.6. The first-order valence-corrected chi connectivity index (χ1v) is 5.62. The fourth-order valence-electron chi connectivity index (χ4n) is 1.76. The smallest absolute Gasteiger partial charge is 0.258 e. The van der Waals surface area contributed by atoms with Gasteiger partial charge in [0.2, 0.25) is 0 Å². The zero-order valence-electron chi connectivity index (χ0n) is 10.3. The summed E-state index contributed by atoms with van der Waals surface area (Å²) in [5.41, 5.74) is 3.22. The molecule has 18 heavy (non-hydrogen) atoms. The van der Waals surface area contributed by atoms with Crippen molar-refractivity contribution >= 4 is 5.69 Å². The summed E-state index contributed by atoms with van der Waals surface area (Å²) in [6.07, 6.45) is 1.78. The zero-order chi connectivity index (χ0) is 13.1. The molecule has 0 saturated carbocycles. The highest BCUT2D eigenvalue weighted by atomic mass is 16.6. The van der Waals surface area contributed by atoms with Gasteiger partial charge >= 0.3 is 0 Å². The van der Waals surface area contributed by atoms with Gasteiger partial charge in [0.25, 0.3) is 12.0 Å². The summed E-state index contributed by atoms with van der Waals surface area (Å²) in [4.78, 5) is 14.4. The number of non-ortho nitro benzene ring substituents is 1. The Morgan fingerprint density at radius 1 is 1.28 bits per heavy atom. The van der Waals surface area contributed by atoms with Crippen molar-refractivity contribution in [1.29, 1.82) is 0 Å². The van der Waals surface area contributed by atoms with E-state index < -0.39 is 4.92 Å². The first-order valence-electron chi connectivity index (χ1n) is 5.62. The second-order valence-electron chi connectivity index (χ2n) is 4.22. The van der Waals surface area contributed by atoms with Crippen molar-refractivity contribution in [2.24, 2.45) is 0 Å². The molecule has 0 aliphatic heterocycles. The van der Waals surface area contributed by atoms with Crippen LogP contribution in [0.5, 0.6) is 0 Å². The van der Waals surface area contributed by atoms with Crippen molar-refractivity contribution in [2.75, 3.05) is 0 Å². The molecule has 0 bridgehead atoms. The van der Waals surface area contributed by atoms with Crippen molar-refractivity contribution in [2.45, 2.75) is 20.4 Å². The predicted molar refractivity (Wildman–Crippen MR) is 66.1 cm³/mol. The van der Waals surface area contributed by atoms with Gasteiger partial charge in [-0.2, -0.15) is 0 Å². The van der Waals surface area contributed by atoms with Crippen molar-refractivity contribution in [3.05, 3.63) is 63.7 Å². The fraction of sp³-hybridized carbons (Fsp3) is 0.231. The number of nitro benzene ring substituents is 1. The first kappa shape index (κ1) is 12.2. The fourth-order valence-corrected chi connectivity index (χ4v) is 1.76. The molecule has 5 nitrogen and oxygen atoms in total. The van der Waals surface area contributed by atoms with Crippen LogP contribution in [0.15, 0.2) is 36.7 Å². The van der Waals surface area contributed by atoms with Gasteiger partial charge < -0.3 is 0 Å². The lowest BCUT2D eigenvalue weighted by atomic mass is 10.2. The van der Waals surface area contributed by atoms with Crippen LogP contribution < -0.4 is 4.57 Å². The van der Waals surface area contributed by atoms with Crippen molar-refractivity contribution in [3.8, 4) is 0 Å². The topological polar surface area (TPSA) is 59.9 Å². The molecule has 0 atom stereocenters. The van der Waals surface area contributed by atoms with Gasteiger partial charge in [-0.1, -0.05) is 4.98 Å². The normalized spacial score (nSPS) is 10.3. The Labute approximate surface area is 105 Å². The van der Waals surface area contributed by atoms with Gasteiger partial charge in [-0.25, -0.2) is 4.57 Å². The number of hydrogen-bond acceptors (Lipinski definition) is 3. The molecule has 2 rings (SSSR count). The van der Waals surface area contributed by atoms with Crippen LogP contribution in [0, 0.1) is 24.0 Å². The standard InChI is InChI=1S/C13H14N3O2/c1-10-7-11(2)15(9-14-10)8-12-3-5-13(6-4-12)16(17)18/h3-7,9H,8H2,1-2H3/q+1. The van der Waals surface area contributed by atoms with Gasteiger partial charge in [-0.15, -0.1) is 0 Å². The summed E-state index contributed by atoms with van der Waals surface area (Å²) in [5.74, 6) is 0. The third kappa shape index (κ3) is 2.68. The zero-order valence-corrected chi connectivity index (χ0v) is 10.3. The van der Waals surface area contributed by atoms with Crippen LogP contribution >= 0.6 is 0 Å². The third-order valence-corrected chi connectivity index (χ3v) is 2.77. The molecule has 5 heteroatoms. The Hall–Kier alpha value is -2.30. The minimum Gasteiger partial charge on any atom is -0.258 e. The highest BCUT2D eigenvalue weighted by molar-refractivity contribution is 5.32. The molecule has 1 heterocycles. The molecule has 2 aromatic rings. The van der Waals surface area contributed by atoms with E-state index in [4.69, 9.17) is 0 Å². The Morgan fingerprint density at radius 3 is 2.50 bits per heavy atom. The van der Waals surface area contributed by atoms with Crippen molar-refractivity contribution < 1.29 is 9.49 Å². The summed E-state index contributed by atoms with van der Waals surface area (Å²) >= 11 is 0. The number of nitrogens with zero attached hydrogens (tertiary/aromatic N) is 3. The highest BCUT2D eigenvalue weighted by Gasteiger charge is 2.08. The lowest BCUT2D eigenvalue weighted by molar-refractivity contribution is -0.697. The molecule has 0 aliphatic rings. The largest absolute Gasteiger partial charge is 0.286 e. The average Bonchev–Trinajstić information content (AvgIpc) is 2.33. The van der Waals surface area contributed by atoms with E-state index in [0.717, 1.165) is 17.0 Å². The maximum absolute atomic E-state index is 10.6. The number of benzene rings is 1. The minimum absolute atomic E-state index is 0.113. The van der Waals surface area contributed by atoms with E-state index in [1.165, 1.54) is 12.1 Å². The molecule has 0 aliphatic carbocycles. The lowest BCUT2D eigenvalue weighted by Gasteiger charge is -2.03. The SMILES string of the molecule is Cc1cc(C)[n+](Cc2ccc([N+](=O)[O-])cc2)cn1. The number of hydrogen-bond donors (Lipinski definition) is 0. The molecule has 0 spiro atoms. The molecule has 0 radical (unpaired) electrons. The van der Waals surface area contributed by atoms with Crippen LogP contribution in [0.2, 0.25) is 0 Å². The summed E-state index contributed by atoms with van der Waals surface area (Å²) in [6.45, 7) is 4.63. The maximum Gasteiger partial charge on any atom is 0.286 e. The van der Waals surface area contributed by atoms with E-state index in [0.29, 0.717) is 6.54 Å². The molecule has 0 amide bonds. The number of rotatable bonds is 3. The quantitative estimate of drug-likeness (QED) is 0.471. The average molecular weight is 244 g/mol. The van der Waals surface area contributed by atoms with E-state index >= 15 is 0 Å². The molecule has 0 unspecified atom stereocenters. The van der Waals surface area contributed by atoms with Crippen LogP contribution in [0.1, 0.15) is 17.0 Å². The van der Waals surface area contributed by atoms with Crippen LogP contribution in [-0.4, -0.2) is 9.91 Å². The van der Waals surface area contributed by atoms with E-state index in [9.17, 15) is 10.1 Å². The summed E-state index contributed by atoms with van der Waals surface area (Å²) in [7, 11) is 0. The Morgan fingerprint density at radius 2 is 1.94 bits per heavy atom. The molecule has 92 valence electrons. The predicted octanol–water partition coefficient (Wildman–Crippen LogP) is 1.94. The van der Waals surface area contributed by atoms with Crippen molar-refractivity contribution in [3.63, 3.8) is 0 Å². The second kappa shape index (κ2) is 4.91. The molecular weight excluding hydrogens is 230 g/mol. The summed E-state index contributed by atoms with van der Waals surface area (Å²) in [5, 5.41) is 10.6. The Balaban J connectivity index is 2.21. The van der Waals surface area contributed by atoms with Crippen LogP contribution in [0.4, 0.5) is 5.69 Å². The summed E-state index contributed by atoms with van der Waals surface area (Å²) in [6, 6.07) is 8.58. The van der Waals surface area contributed by atoms with Gasteiger partial charge in [-0.05, 0) is 24.6 Å². The summed E-state index contributed by atoms with van der Waals surface area (Å²) < 4.78 is 2.01. The van der Waals surface area contributed by atoms with E-state index in [1.807, 2.05) is 24.5 Å². The van der Waals surface area contributed by atoms with Crippen LogP contribution in [-0.2, 0) is 6.54 Å². The molecule has 1 aromatic carbocycles. The number of nitro groups is 1. The Kier molecular flexibility index (Phi) is 3.32. The van der Waals surface area contributed by atoms with E-state index in [2.05, 4.69) is 4.98 Å². The van der Waals surface area contributed by atoms with E-state index in [1.54, 1.807) is 18.5 Å². The third-order valence-electron chi connectivity index (χ3n) is 2.77. The molecule has 0 N–H and O–H groups in total. The Bertz CT molecular complexity index is 579. The van der Waals surface area contributed by atoms with E-state index in [-0.39, 0.29) is 5.69 Å². The molecule has 1 aromatic heterocycles. The highest BCUT2D eigenvalue weighted by Crippen LogP contribution is 2.11. The van der Waals surface area contributed by atoms with Crippen LogP contribution in [0.25, 0.3) is 0 Å². The number of aryl methyl sites for hydroxylation is 2.